The second-order valence-corrected chi connectivity index (χ2v) is 7.30. The number of hydrogen-bond acceptors (Lipinski definition) is 2. The van der Waals surface area contributed by atoms with Crippen molar-refractivity contribution in [3.63, 3.8) is 0 Å². The summed E-state index contributed by atoms with van der Waals surface area (Å²) in [4.78, 5) is 9.10. The van der Waals surface area contributed by atoms with Gasteiger partial charge in [-0.1, -0.05) is 17.7 Å². The summed E-state index contributed by atoms with van der Waals surface area (Å²) in [7, 11) is 2.08. The standard InChI is InChI=1S/C18H26ClFN4/c1-23-10-7-14(12-22-18(21)24-8-3-2-4-9-24)17(23)13-5-6-15(19)16(20)11-13/h5-6,11,14,17H,2-4,7-10,12H2,1H3,(H2,21,22). The third-order valence-corrected chi connectivity index (χ3v) is 5.53. The molecule has 132 valence electrons. The summed E-state index contributed by atoms with van der Waals surface area (Å²) in [5.41, 5.74) is 7.14. The lowest BCUT2D eigenvalue weighted by molar-refractivity contribution is 0.278. The molecule has 1 aromatic rings. The Bertz CT molecular complexity index is 601. The molecule has 2 fully saturated rings. The number of piperidine rings is 1. The van der Waals surface area contributed by atoms with Crippen LogP contribution in [0.3, 0.4) is 0 Å². The van der Waals surface area contributed by atoms with E-state index in [1.165, 1.54) is 19.3 Å². The van der Waals surface area contributed by atoms with Crippen molar-refractivity contribution in [3.8, 4) is 0 Å². The van der Waals surface area contributed by atoms with Gasteiger partial charge in [-0.3, -0.25) is 9.89 Å². The fraction of sp³-hybridized carbons (Fsp3) is 0.611. The predicted molar refractivity (Wildman–Crippen MR) is 96.8 cm³/mol. The number of nitrogens with two attached hydrogens (primary N) is 1. The van der Waals surface area contributed by atoms with E-state index in [1.54, 1.807) is 12.1 Å². The molecule has 24 heavy (non-hydrogen) atoms. The Morgan fingerprint density at radius 3 is 2.75 bits per heavy atom. The SMILES string of the molecule is CN1CCC(CN=C(N)N2CCCCC2)C1c1ccc(Cl)c(F)c1. The highest BCUT2D eigenvalue weighted by Crippen LogP contribution is 2.37. The average Bonchev–Trinajstić information content (AvgIpc) is 2.96. The number of rotatable bonds is 3. The summed E-state index contributed by atoms with van der Waals surface area (Å²) in [5.74, 6) is 0.647. The maximum Gasteiger partial charge on any atom is 0.191 e. The zero-order chi connectivity index (χ0) is 17.1. The van der Waals surface area contributed by atoms with Gasteiger partial charge < -0.3 is 10.6 Å². The van der Waals surface area contributed by atoms with Crippen molar-refractivity contribution in [2.75, 3.05) is 33.2 Å². The van der Waals surface area contributed by atoms with Crippen LogP contribution < -0.4 is 5.73 Å². The highest BCUT2D eigenvalue weighted by atomic mass is 35.5. The summed E-state index contributed by atoms with van der Waals surface area (Å²) in [6.07, 6.45) is 4.70. The first kappa shape index (κ1) is 17.5. The minimum atomic E-state index is -0.357. The second kappa shape index (κ2) is 7.70. The van der Waals surface area contributed by atoms with Crippen molar-refractivity contribution in [2.45, 2.75) is 31.7 Å². The summed E-state index contributed by atoms with van der Waals surface area (Å²) in [5, 5.41) is 0.170. The van der Waals surface area contributed by atoms with Gasteiger partial charge in [-0.15, -0.1) is 0 Å². The maximum absolute atomic E-state index is 13.8. The van der Waals surface area contributed by atoms with Crippen LogP contribution in [0.2, 0.25) is 5.02 Å². The molecule has 1 aromatic carbocycles. The van der Waals surface area contributed by atoms with Crippen molar-refractivity contribution in [3.05, 3.63) is 34.6 Å². The fourth-order valence-corrected chi connectivity index (χ4v) is 3.99. The zero-order valence-electron chi connectivity index (χ0n) is 14.2. The minimum Gasteiger partial charge on any atom is -0.370 e. The Morgan fingerprint density at radius 1 is 1.29 bits per heavy atom. The molecule has 2 N–H and O–H groups in total. The summed E-state index contributed by atoms with van der Waals surface area (Å²) < 4.78 is 13.8. The van der Waals surface area contributed by atoms with Gasteiger partial charge in [-0.05, 0) is 62.9 Å². The van der Waals surface area contributed by atoms with Crippen LogP contribution in [-0.4, -0.2) is 49.0 Å². The molecule has 0 saturated carbocycles. The van der Waals surface area contributed by atoms with Crippen LogP contribution in [0.1, 0.15) is 37.3 Å². The van der Waals surface area contributed by atoms with Gasteiger partial charge in [-0.25, -0.2) is 4.39 Å². The molecule has 2 heterocycles. The molecule has 2 aliphatic heterocycles. The van der Waals surface area contributed by atoms with Crippen LogP contribution in [0.15, 0.2) is 23.2 Å². The minimum absolute atomic E-state index is 0.162. The quantitative estimate of drug-likeness (QED) is 0.670. The molecule has 0 radical (unpaired) electrons. The first-order chi connectivity index (χ1) is 11.6. The van der Waals surface area contributed by atoms with Crippen LogP contribution in [0.5, 0.6) is 0 Å². The van der Waals surface area contributed by atoms with E-state index in [1.807, 2.05) is 6.07 Å². The van der Waals surface area contributed by atoms with Gasteiger partial charge in [0.1, 0.15) is 5.82 Å². The highest BCUT2D eigenvalue weighted by molar-refractivity contribution is 6.30. The van der Waals surface area contributed by atoms with Crippen molar-refractivity contribution in [1.82, 2.24) is 9.80 Å². The summed E-state index contributed by atoms with van der Waals surface area (Å²) in [6, 6.07) is 5.28. The molecule has 0 amide bonds. The largest absolute Gasteiger partial charge is 0.370 e. The summed E-state index contributed by atoms with van der Waals surface area (Å²) >= 11 is 5.82. The molecule has 2 saturated heterocycles. The third-order valence-electron chi connectivity index (χ3n) is 5.23. The van der Waals surface area contributed by atoms with Crippen LogP contribution in [0.4, 0.5) is 4.39 Å². The van der Waals surface area contributed by atoms with Gasteiger partial charge in [0.25, 0.3) is 0 Å². The van der Waals surface area contributed by atoms with Crippen LogP contribution in [0.25, 0.3) is 0 Å². The Morgan fingerprint density at radius 2 is 2.04 bits per heavy atom. The predicted octanol–water partition coefficient (Wildman–Crippen LogP) is 3.27. The number of hydrogen-bond donors (Lipinski definition) is 1. The number of likely N-dealkylation sites (tertiary alicyclic amines) is 2. The van der Waals surface area contributed by atoms with Gasteiger partial charge in [0.15, 0.2) is 5.96 Å². The molecule has 3 rings (SSSR count). The molecular weight excluding hydrogens is 327 g/mol. The van der Waals surface area contributed by atoms with Crippen LogP contribution >= 0.6 is 11.6 Å². The fourth-order valence-electron chi connectivity index (χ4n) is 3.87. The molecule has 6 heteroatoms. The van der Waals surface area contributed by atoms with Gasteiger partial charge >= 0.3 is 0 Å². The van der Waals surface area contributed by atoms with E-state index in [0.29, 0.717) is 18.4 Å². The third kappa shape index (κ3) is 3.83. The van der Waals surface area contributed by atoms with E-state index < -0.39 is 0 Å². The Kier molecular flexibility index (Phi) is 5.61. The van der Waals surface area contributed by atoms with E-state index in [0.717, 1.165) is 31.6 Å². The lowest BCUT2D eigenvalue weighted by Gasteiger charge is -2.28. The van der Waals surface area contributed by atoms with Crippen molar-refractivity contribution < 1.29 is 4.39 Å². The van der Waals surface area contributed by atoms with E-state index in [9.17, 15) is 4.39 Å². The lowest BCUT2D eigenvalue weighted by Crippen LogP contribution is -2.41. The molecule has 0 aliphatic carbocycles. The Labute approximate surface area is 148 Å². The lowest BCUT2D eigenvalue weighted by atomic mass is 9.94. The van der Waals surface area contributed by atoms with Crippen molar-refractivity contribution in [1.29, 1.82) is 0 Å². The average molecular weight is 353 g/mol. The number of guanidine groups is 1. The summed E-state index contributed by atoms with van der Waals surface area (Å²) in [6.45, 7) is 3.68. The van der Waals surface area contributed by atoms with E-state index in [-0.39, 0.29) is 16.9 Å². The maximum atomic E-state index is 13.8. The van der Waals surface area contributed by atoms with Gasteiger partial charge in [0.05, 0.1) is 5.02 Å². The van der Waals surface area contributed by atoms with Gasteiger partial charge in [0.2, 0.25) is 0 Å². The molecular formula is C18H26ClFN4. The molecule has 2 unspecified atom stereocenters. The van der Waals surface area contributed by atoms with Gasteiger partial charge in [-0.2, -0.15) is 0 Å². The van der Waals surface area contributed by atoms with Crippen molar-refractivity contribution in [2.24, 2.45) is 16.6 Å². The van der Waals surface area contributed by atoms with Crippen LogP contribution in [-0.2, 0) is 0 Å². The number of benzene rings is 1. The number of nitrogens with zero attached hydrogens (tertiary/aromatic N) is 3. The van der Waals surface area contributed by atoms with Gasteiger partial charge in [0, 0.05) is 25.7 Å². The molecule has 2 atom stereocenters. The molecule has 4 nitrogen and oxygen atoms in total. The van der Waals surface area contributed by atoms with E-state index in [2.05, 4.69) is 21.8 Å². The van der Waals surface area contributed by atoms with E-state index in [4.69, 9.17) is 17.3 Å². The second-order valence-electron chi connectivity index (χ2n) is 6.89. The molecule has 2 aliphatic rings. The van der Waals surface area contributed by atoms with Crippen molar-refractivity contribution >= 4 is 17.6 Å². The molecule has 0 aromatic heterocycles. The normalized spacial score (nSPS) is 26.1. The van der Waals surface area contributed by atoms with E-state index >= 15 is 0 Å². The molecule has 0 spiro atoms. The highest BCUT2D eigenvalue weighted by Gasteiger charge is 2.33. The Hall–Kier alpha value is -1.33. The first-order valence-corrected chi connectivity index (χ1v) is 9.14. The number of halogens is 2. The smallest absolute Gasteiger partial charge is 0.191 e. The molecule has 0 bridgehead atoms. The monoisotopic (exact) mass is 352 g/mol. The Balaban J connectivity index is 1.70. The van der Waals surface area contributed by atoms with Crippen LogP contribution in [0, 0.1) is 11.7 Å². The topological polar surface area (TPSA) is 44.9 Å². The zero-order valence-corrected chi connectivity index (χ0v) is 15.0. The first-order valence-electron chi connectivity index (χ1n) is 8.76. The number of aliphatic imine (C=N–C) groups is 1.